The number of carbonyl (C=O) groups is 1. The molecule has 120 valence electrons. The van der Waals surface area contributed by atoms with Crippen molar-refractivity contribution < 1.29 is 9.53 Å². The summed E-state index contributed by atoms with van der Waals surface area (Å²) in [7, 11) is 0. The van der Waals surface area contributed by atoms with Crippen molar-refractivity contribution in [2.75, 3.05) is 13.2 Å². The van der Waals surface area contributed by atoms with Crippen molar-refractivity contribution in [1.82, 2.24) is 4.90 Å². The second kappa shape index (κ2) is 7.42. The first kappa shape index (κ1) is 15.8. The van der Waals surface area contributed by atoms with Crippen LogP contribution in [0.2, 0.25) is 0 Å². The van der Waals surface area contributed by atoms with Gasteiger partial charge in [0, 0.05) is 18.0 Å². The zero-order chi connectivity index (χ0) is 15.4. The Morgan fingerprint density at radius 2 is 2.36 bits per heavy atom. The summed E-state index contributed by atoms with van der Waals surface area (Å²) in [5.74, 6) is 1.40. The molecule has 1 aliphatic carbocycles. The molecule has 1 amide bonds. The Morgan fingerprint density at radius 3 is 3.14 bits per heavy atom. The number of hydrogen-bond donors (Lipinski definition) is 0. The summed E-state index contributed by atoms with van der Waals surface area (Å²) in [6.07, 6.45) is 9.13. The predicted octanol–water partition coefficient (Wildman–Crippen LogP) is 3.86. The molecular formula is C18H25NO2S. The lowest BCUT2D eigenvalue weighted by Gasteiger charge is -2.29. The van der Waals surface area contributed by atoms with Gasteiger partial charge in [-0.15, -0.1) is 11.3 Å². The van der Waals surface area contributed by atoms with Gasteiger partial charge in [0.2, 0.25) is 5.91 Å². The van der Waals surface area contributed by atoms with E-state index in [0.717, 1.165) is 32.5 Å². The minimum absolute atomic E-state index is 0.140. The molecule has 2 aliphatic rings. The number of thiophene rings is 1. The summed E-state index contributed by atoms with van der Waals surface area (Å²) in [6, 6.07) is 4.13. The van der Waals surface area contributed by atoms with Crippen LogP contribution in [0.1, 0.15) is 37.5 Å². The number of hydrogen-bond acceptors (Lipinski definition) is 3. The van der Waals surface area contributed by atoms with Gasteiger partial charge in [0.25, 0.3) is 0 Å². The van der Waals surface area contributed by atoms with E-state index in [1.54, 1.807) is 17.4 Å². The minimum Gasteiger partial charge on any atom is -0.378 e. The Kier molecular flexibility index (Phi) is 5.32. The van der Waals surface area contributed by atoms with Crippen LogP contribution >= 0.6 is 11.3 Å². The van der Waals surface area contributed by atoms with E-state index in [2.05, 4.69) is 17.5 Å². The van der Waals surface area contributed by atoms with Gasteiger partial charge in [-0.25, -0.2) is 0 Å². The predicted molar refractivity (Wildman–Crippen MR) is 89.7 cm³/mol. The highest BCUT2D eigenvalue weighted by Crippen LogP contribution is 2.37. The van der Waals surface area contributed by atoms with Gasteiger partial charge in [-0.05, 0) is 62.0 Å². The van der Waals surface area contributed by atoms with Gasteiger partial charge in [0.05, 0.1) is 12.6 Å². The van der Waals surface area contributed by atoms with Crippen molar-refractivity contribution in [2.45, 2.75) is 45.3 Å². The number of carbonyl (C=O) groups excluding carboxylic acids is 1. The van der Waals surface area contributed by atoms with Crippen LogP contribution in [0.4, 0.5) is 0 Å². The van der Waals surface area contributed by atoms with Gasteiger partial charge in [0.15, 0.2) is 0 Å². The van der Waals surface area contributed by atoms with E-state index in [4.69, 9.17) is 4.74 Å². The number of likely N-dealkylation sites (N-methyl/N-ethyl adjacent to an activating group) is 1. The Labute approximate surface area is 137 Å². The molecule has 1 saturated carbocycles. The normalized spacial score (nSPS) is 28.0. The quantitative estimate of drug-likeness (QED) is 0.771. The molecule has 0 N–H and O–H groups in total. The monoisotopic (exact) mass is 319 g/mol. The third-order valence-corrected chi connectivity index (χ3v) is 5.77. The lowest BCUT2D eigenvalue weighted by Crippen LogP contribution is -2.29. The van der Waals surface area contributed by atoms with Gasteiger partial charge in [-0.1, -0.05) is 12.1 Å². The van der Waals surface area contributed by atoms with E-state index in [-0.39, 0.29) is 5.91 Å². The lowest BCUT2D eigenvalue weighted by atomic mass is 9.79. The van der Waals surface area contributed by atoms with Crippen LogP contribution in [0.3, 0.4) is 0 Å². The van der Waals surface area contributed by atoms with Crippen molar-refractivity contribution in [2.24, 2.45) is 11.8 Å². The number of rotatable bonds is 5. The maximum Gasteiger partial charge on any atom is 0.246 e. The van der Waals surface area contributed by atoms with Gasteiger partial charge < -0.3 is 9.64 Å². The summed E-state index contributed by atoms with van der Waals surface area (Å²) in [5.41, 5.74) is 0. The summed E-state index contributed by atoms with van der Waals surface area (Å²) in [4.78, 5) is 15.5. The zero-order valence-corrected chi connectivity index (χ0v) is 14.1. The molecular weight excluding hydrogens is 294 g/mol. The molecule has 2 heterocycles. The van der Waals surface area contributed by atoms with Crippen molar-refractivity contribution in [3.63, 3.8) is 0 Å². The number of amides is 1. The van der Waals surface area contributed by atoms with E-state index >= 15 is 0 Å². The Balaban J connectivity index is 1.53. The molecule has 0 radical (unpaired) electrons. The molecule has 3 rings (SSSR count). The number of nitrogens with zero attached hydrogens (tertiary/aromatic N) is 1. The molecule has 22 heavy (non-hydrogen) atoms. The highest BCUT2D eigenvalue weighted by Gasteiger charge is 2.33. The lowest BCUT2D eigenvalue weighted by molar-refractivity contribution is -0.126. The fourth-order valence-corrected chi connectivity index (χ4v) is 4.32. The molecule has 1 aromatic heterocycles. The molecule has 3 nitrogen and oxygen atoms in total. The molecule has 3 atom stereocenters. The molecule has 1 aromatic rings. The number of ether oxygens (including phenoxy) is 1. The maximum absolute atomic E-state index is 12.4. The van der Waals surface area contributed by atoms with Crippen LogP contribution < -0.4 is 0 Å². The van der Waals surface area contributed by atoms with E-state index in [9.17, 15) is 4.79 Å². The second-order valence-corrected chi connectivity index (χ2v) is 7.35. The Hall–Kier alpha value is -1.13. The molecule has 0 bridgehead atoms. The molecule has 1 saturated heterocycles. The van der Waals surface area contributed by atoms with Gasteiger partial charge in [-0.2, -0.15) is 0 Å². The van der Waals surface area contributed by atoms with Gasteiger partial charge in [0.1, 0.15) is 0 Å². The zero-order valence-electron chi connectivity index (χ0n) is 13.2. The number of fused-ring (bicyclic) bond motifs is 1. The van der Waals surface area contributed by atoms with Crippen molar-refractivity contribution in [1.29, 1.82) is 0 Å². The van der Waals surface area contributed by atoms with Gasteiger partial charge >= 0.3 is 0 Å². The average Bonchev–Trinajstić information content (AvgIpc) is 3.20. The van der Waals surface area contributed by atoms with E-state index in [1.165, 1.54) is 17.7 Å². The van der Waals surface area contributed by atoms with Crippen molar-refractivity contribution in [3.8, 4) is 0 Å². The first-order chi connectivity index (χ1) is 10.8. The maximum atomic E-state index is 12.4. The molecule has 0 spiro atoms. The molecule has 3 unspecified atom stereocenters. The fourth-order valence-electron chi connectivity index (χ4n) is 3.60. The summed E-state index contributed by atoms with van der Waals surface area (Å²) >= 11 is 1.71. The van der Waals surface area contributed by atoms with Crippen LogP contribution in [0.15, 0.2) is 29.7 Å². The average molecular weight is 319 g/mol. The van der Waals surface area contributed by atoms with Crippen molar-refractivity contribution >= 4 is 17.2 Å². The topological polar surface area (TPSA) is 29.5 Å². The third-order valence-electron chi connectivity index (χ3n) is 4.90. The molecule has 0 aromatic carbocycles. The van der Waals surface area contributed by atoms with E-state index in [0.29, 0.717) is 17.9 Å². The number of allylic oxidation sites excluding steroid dienone is 1. The summed E-state index contributed by atoms with van der Waals surface area (Å²) in [6.45, 7) is 4.44. The highest BCUT2D eigenvalue weighted by atomic mass is 32.1. The standard InChI is InChI=1S/C18H25NO2S/c1-2-19(13-16-4-3-11-22-16)18(20)8-6-14-5-7-17-15(12-14)9-10-21-17/h3-4,6,8,11,14-15,17H,2,5,7,9-10,12-13H2,1H3/b8-6+. The first-order valence-electron chi connectivity index (χ1n) is 8.37. The second-order valence-electron chi connectivity index (χ2n) is 6.32. The van der Waals surface area contributed by atoms with E-state index < -0.39 is 0 Å². The van der Waals surface area contributed by atoms with Crippen LogP contribution in [-0.4, -0.2) is 30.1 Å². The largest absolute Gasteiger partial charge is 0.378 e. The minimum atomic E-state index is 0.140. The Morgan fingerprint density at radius 1 is 1.45 bits per heavy atom. The molecule has 2 fully saturated rings. The third kappa shape index (κ3) is 3.79. The molecule has 4 heteroatoms. The van der Waals surface area contributed by atoms with Crippen LogP contribution in [0.5, 0.6) is 0 Å². The molecule has 1 aliphatic heterocycles. The van der Waals surface area contributed by atoms with Crippen LogP contribution in [-0.2, 0) is 16.1 Å². The first-order valence-corrected chi connectivity index (χ1v) is 9.25. The summed E-state index contributed by atoms with van der Waals surface area (Å²) < 4.78 is 5.75. The van der Waals surface area contributed by atoms with E-state index in [1.807, 2.05) is 17.9 Å². The van der Waals surface area contributed by atoms with Gasteiger partial charge in [-0.3, -0.25) is 4.79 Å². The SMILES string of the molecule is CCN(Cc1cccs1)C(=O)/C=C/C1CCC2OCCC2C1. The smallest absolute Gasteiger partial charge is 0.246 e. The van der Waals surface area contributed by atoms with Crippen molar-refractivity contribution in [3.05, 3.63) is 34.5 Å². The highest BCUT2D eigenvalue weighted by molar-refractivity contribution is 7.09. The summed E-state index contributed by atoms with van der Waals surface area (Å²) in [5, 5.41) is 2.06. The fraction of sp³-hybridized carbons (Fsp3) is 0.611. The van der Waals surface area contributed by atoms with Crippen LogP contribution in [0.25, 0.3) is 0 Å². The Bertz CT molecular complexity index is 511. The van der Waals surface area contributed by atoms with Crippen LogP contribution in [0, 0.1) is 11.8 Å².